The first kappa shape index (κ1) is 22.7. The summed E-state index contributed by atoms with van der Waals surface area (Å²) in [5.41, 5.74) is 2.96. The molecule has 0 unspecified atom stereocenters. The predicted octanol–water partition coefficient (Wildman–Crippen LogP) is 4.24. The number of nitrogens with one attached hydrogen (secondary N) is 2. The van der Waals surface area contributed by atoms with E-state index in [0.29, 0.717) is 33.7 Å². The first-order valence-electron chi connectivity index (χ1n) is 10.1. The zero-order chi connectivity index (χ0) is 23.1. The highest BCUT2D eigenvalue weighted by molar-refractivity contribution is 7.92. The first-order chi connectivity index (χ1) is 14.3. The third-order valence-electron chi connectivity index (χ3n) is 4.77. The van der Waals surface area contributed by atoms with E-state index in [1.54, 1.807) is 30.3 Å². The van der Waals surface area contributed by atoms with Gasteiger partial charge in [0.1, 0.15) is 0 Å². The number of para-hydroxylation sites is 2. The van der Waals surface area contributed by atoms with Gasteiger partial charge < -0.3 is 5.32 Å². The molecule has 2 N–H and O–H groups in total. The quantitative estimate of drug-likeness (QED) is 0.613. The van der Waals surface area contributed by atoms with Gasteiger partial charge in [0.25, 0.3) is 5.91 Å². The number of carbonyl (C=O) groups is 1. The summed E-state index contributed by atoms with van der Waals surface area (Å²) in [7, 11) is -3.50. The summed E-state index contributed by atoms with van der Waals surface area (Å²) in [5.74, 6) is -0.243. The first-order valence-corrected chi connectivity index (χ1v) is 12.0. The number of sulfonamides is 1. The molecule has 0 aliphatic rings. The highest BCUT2D eigenvalue weighted by Crippen LogP contribution is 2.30. The maximum absolute atomic E-state index is 13.4. The lowest BCUT2D eigenvalue weighted by Crippen LogP contribution is -2.24. The minimum Gasteiger partial charge on any atom is -0.320 e. The van der Waals surface area contributed by atoms with E-state index in [1.807, 2.05) is 46.2 Å². The molecule has 31 heavy (non-hydrogen) atoms. The van der Waals surface area contributed by atoms with Crippen molar-refractivity contribution in [1.29, 1.82) is 0 Å². The number of pyridine rings is 1. The molecule has 0 aliphatic carbocycles. The van der Waals surface area contributed by atoms with Crippen molar-refractivity contribution in [3.8, 4) is 0 Å². The van der Waals surface area contributed by atoms with Crippen LogP contribution in [0, 0.1) is 6.92 Å². The second-order valence-corrected chi connectivity index (χ2v) is 10.7. The smallest absolute Gasteiger partial charge is 0.256 e. The van der Waals surface area contributed by atoms with Crippen LogP contribution in [-0.4, -0.2) is 35.3 Å². The van der Waals surface area contributed by atoms with Gasteiger partial charge in [-0.2, -0.15) is 5.10 Å². The maximum Gasteiger partial charge on any atom is 0.256 e. The van der Waals surface area contributed by atoms with Gasteiger partial charge in [-0.15, -0.1) is 0 Å². The molecule has 2 heterocycles. The number of amides is 1. The Kier molecular flexibility index (Phi) is 5.84. The summed E-state index contributed by atoms with van der Waals surface area (Å²) >= 11 is 0. The summed E-state index contributed by atoms with van der Waals surface area (Å²) in [6.07, 6.45) is 1.07. The average Bonchev–Trinajstić information content (AvgIpc) is 2.98. The van der Waals surface area contributed by atoms with Crippen molar-refractivity contribution < 1.29 is 13.2 Å². The van der Waals surface area contributed by atoms with Crippen LogP contribution in [0.1, 0.15) is 62.3 Å². The Hall–Kier alpha value is -2.94. The Morgan fingerprint density at radius 2 is 1.74 bits per heavy atom. The van der Waals surface area contributed by atoms with Crippen molar-refractivity contribution in [1.82, 2.24) is 14.8 Å². The van der Waals surface area contributed by atoms with Gasteiger partial charge >= 0.3 is 0 Å². The molecule has 2 aromatic heterocycles. The van der Waals surface area contributed by atoms with Crippen molar-refractivity contribution in [2.24, 2.45) is 0 Å². The van der Waals surface area contributed by atoms with Crippen LogP contribution in [0.25, 0.3) is 11.0 Å². The zero-order valence-corrected chi connectivity index (χ0v) is 19.8. The van der Waals surface area contributed by atoms with E-state index in [9.17, 15) is 13.2 Å². The van der Waals surface area contributed by atoms with Gasteiger partial charge in [-0.25, -0.2) is 18.1 Å². The van der Waals surface area contributed by atoms with Crippen molar-refractivity contribution in [2.75, 3.05) is 16.3 Å². The lowest BCUT2D eigenvalue weighted by molar-refractivity contribution is 0.102. The normalized spacial score (nSPS) is 12.4. The Bertz CT molecular complexity index is 1250. The molecule has 0 atom stereocenters. The molecule has 0 fully saturated rings. The highest BCUT2D eigenvalue weighted by atomic mass is 32.2. The molecule has 166 valence electrons. The Morgan fingerprint density at radius 1 is 1.13 bits per heavy atom. The van der Waals surface area contributed by atoms with Crippen molar-refractivity contribution in [3.63, 3.8) is 0 Å². The second kappa shape index (κ2) is 7.96. The molecule has 0 radical (unpaired) electrons. The second-order valence-electron chi connectivity index (χ2n) is 8.99. The highest BCUT2D eigenvalue weighted by Gasteiger charge is 2.25. The van der Waals surface area contributed by atoms with Crippen LogP contribution in [0.3, 0.4) is 0 Å². The van der Waals surface area contributed by atoms with Crippen LogP contribution in [0.2, 0.25) is 0 Å². The van der Waals surface area contributed by atoms with Gasteiger partial charge in [-0.3, -0.25) is 9.52 Å². The summed E-state index contributed by atoms with van der Waals surface area (Å²) < 4.78 is 27.7. The van der Waals surface area contributed by atoms with Crippen molar-refractivity contribution in [3.05, 3.63) is 47.3 Å². The van der Waals surface area contributed by atoms with E-state index in [0.717, 1.165) is 11.9 Å². The summed E-state index contributed by atoms with van der Waals surface area (Å²) in [4.78, 5) is 18.2. The number of anilines is 2. The third kappa shape index (κ3) is 4.87. The summed E-state index contributed by atoms with van der Waals surface area (Å²) in [6.45, 7) is 12.0. The number of nitrogens with zero attached hydrogens (tertiary/aromatic N) is 3. The SMILES string of the molecule is Cc1nn(C(C)(C)C)c2nc(C(C)C)cc(C(=O)Nc3ccccc3NS(C)(=O)=O)c12. The number of aromatic nitrogens is 3. The Morgan fingerprint density at radius 3 is 2.29 bits per heavy atom. The molecule has 1 amide bonds. The minimum absolute atomic E-state index is 0.110. The third-order valence-corrected chi connectivity index (χ3v) is 5.37. The molecule has 8 nitrogen and oxygen atoms in total. The van der Waals surface area contributed by atoms with Gasteiger partial charge in [-0.1, -0.05) is 26.0 Å². The molecule has 0 bridgehead atoms. The number of benzene rings is 1. The van der Waals surface area contributed by atoms with Gasteiger partial charge in [-0.05, 0) is 51.8 Å². The number of aryl methyl sites for hydroxylation is 1. The number of carbonyl (C=O) groups excluding carboxylic acids is 1. The van der Waals surface area contributed by atoms with Crippen LogP contribution < -0.4 is 10.0 Å². The van der Waals surface area contributed by atoms with E-state index in [4.69, 9.17) is 4.98 Å². The number of hydrogen-bond acceptors (Lipinski definition) is 5. The topological polar surface area (TPSA) is 106 Å². The molecule has 9 heteroatoms. The fraction of sp³-hybridized carbons (Fsp3) is 0.409. The van der Waals surface area contributed by atoms with Crippen molar-refractivity contribution >= 4 is 38.3 Å². The average molecular weight is 444 g/mol. The van der Waals surface area contributed by atoms with Gasteiger partial charge in [0.2, 0.25) is 10.0 Å². The number of fused-ring (bicyclic) bond motifs is 1. The maximum atomic E-state index is 13.4. The van der Waals surface area contributed by atoms with E-state index in [2.05, 4.69) is 15.1 Å². The van der Waals surface area contributed by atoms with Gasteiger partial charge in [0.15, 0.2) is 5.65 Å². The molecule has 1 aromatic carbocycles. The predicted molar refractivity (Wildman–Crippen MR) is 124 cm³/mol. The largest absolute Gasteiger partial charge is 0.320 e. The van der Waals surface area contributed by atoms with E-state index < -0.39 is 10.0 Å². The molecule has 3 aromatic rings. The van der Waals surface area contributed by atoms with Crippen LogP contribution in [0.15, 0.2) is 30.3 Å². The molecule has 3 rings (SSSR count). The molecule has 0 saturated heterocycles. The summed E-state index contributed by atoms with van der Waals surface area (Å²) in [6, 6.07) is 8.46. The molecular formula is C22H29N5O3S. The van der Waals surface area contributed by atoms with E-state index >= 15 is 0 Å². The van der Waals surface area contributed by atoms with Crippen LogP contribution in [0.5, 0.6) is 0 Å². The fourth-order valence-corrected chi connectivity index (χ4v) is 3.90. The molecular weight excluding hydrogens is 414 g/mol. The Balaban J connectivity index is 2.15. The van der Waals surface area contributed by atoms with Crippen LogP contribution in [0.4, 0.5) is 11.4 Å². The van der Waals surface area contributed by atoms with Gasteiger partial charge in [0.05, 0.1) is 39.8 Å². The van der Waals surface area contributed by atoms with E-state index in [-0.39, 0.29) is 17.4 Å². The monoisotopic (exact) mass is 443 g/mol. The van der Waals surface area contributed by atoms with Crippen molar-refractivity contribution in [2.45, 2.75) is 53.0 Å². The van der Waals surface area contributed by atoms with Gasteiger partial charge in [0, 0.05) is 5.69 Å². The zero-order valence-electron chi connectivity index (χ0n) is 18.9. The molecule has 0 aliphatic heterocycles. The van der Waals surface area contributed by atoms with Crippen LogP contribution >= 0.6 is 0 Å². The van der Waals surface area contributed by atoms with Crippen LogP contribution in [-0.2, 0) is 15.6 Å². The lowest BCUT2D eigenvalue weighted by atomic mass is 10.0. The standard InChI is InChI=1S/C22H29N5O3S/c1-13(2)18-12-15(19-14(3)25-27(20(19)23-18)22(4,5)6)21(28)24-16-10-8-9-11-17(16)26-31(7,29)30/h8-13,26H,1-7H3,(H,24,28). The molecule has 0 saturated carbocycles. The molecule has 0 spiro atoms. The van der Waals surface area contributed by atoms with E-state index in [1.165, 1.54) is 0 Å². The lowest BCUT2D eigenvalue weighted by Gasteiger charge is -2.20. The number of rotatable bonds is 5. The number of hydrogen-bond donors (Lipinski definition) is 2. The Labute approximate surface area is 183 Å². The summed E-state index contributed by atoms with van der Waals surface area (Å²) in [5, 5.41) is 8.20. The fourth-order valence-electron chi connectivity index (χ4n) is 3.32. The minimum atomic E-state index is -3.50.